The van der Waals surface area contributed by atoms with Gasteiger partial charge in [-0.15, -0.1) is 0 Å². The highest BCUT2D eigenvalue weighted by Crippen LogP contribution is 2.62. The van der Waals surface area contributed by atoms with Crippen LogP contribution in [0.4, 0.5) is 0 Å². The molecule has 0 aliphatic heterocycles. The van der Waals surface area contributed by atoms with Gasteiger partial charge < -0.3 is 18.9 Å². The summed E-state index contributed by atoms with van der Waals surface area (Å²) in [5, 5.41) is 7.80. The molecular formula is C8H15O6PS2. The average molecular weight is 302 g/mol. The number of hydrogen-bond donors (Lipinski definition) is 1. The lowest BCUT2D eigenvalue weighted by Crippen LogP contribution is -2.23. The van der Waals surface area contributed by atoms with E-state index in [9.17, 15) is 9.59 Å². The SMILES string of the molecule is CCOC(=O)[C@H](CC(=O)O)SP(=S)(OC)OC. The number of carbonyl (C=O) groups excluding carboxylic acids is 1. The predicted octanol–water partition coefficient (Wildman–Crippen LogP) is 1.64. The molecule has 0 saturated carbocycles. The molecule has 0 aromatic rings. The summed E-state index contributed by atoms with van der Waals surface area (Å²) < 4.78 is 14.8. The van der Waals surface area contributed by atoms with Crippen LogP contribution >= 0.6 is 17.1 Å². The molecule has 0 heterocycles. The van der Waals surface area contributed by atoms with Crippen LogP contribution in [-0.2, 0) is 35.2 Å². The first-order chi connectivity index (χ1) is 7.88. The summed E-state index contributed by atoms with van der Waals surface area (Å²) in [5.41, 5.74) is -2.69. The Morgan fingerprint density at radius 1 is 1.41 bits per heavy atom. The molecule has 0 amide bonds. The fourth-order valence-corrected chi connectivity index (χ4v) is 4.75. The molecular weight excluding hydrogens is 287 g/mol. The zero-order valence-electron chi connectivity index (χ0n) is 9.74. The maximum atomic E-state index is 11.5. The van der Waals surface area contributed by atoms with Gasteiger partial charge in [0.2, 0.25) is 5.69 Å². The average Bonchev–Trinajstić information content (AvgIpc) is 2.27. The first-order valence-electron chi connectivity index (χ1n) is 4.66. The van der Waals surface area contributed by atoms with Gasteiger partial charge in [0.15, 0.2) is 0 Å². The number of hydrogen-bond acceptors (Lipinski definition) is 7. The Bertz CT molecular complexity index is 313. The second-order valence-corrected chi connectivity index (χ2v) is 9.37. The van der Waals surface area contributed by atoms with Crippen molar-refractivity contribution in [1.82, 2.24) is 0 Å². The molecule has 6 nitrogen and oxygen atoms in total. The third-order valence-corrected chi connectivity index (χ3v) is 7.48. The van der Waals surface area contributed by atoms with Gasteiger partial charge in [-0.3, -0.25) is 9.59 Å². The molecule has 9 heteroatoms. The van der Waals surface area contributed by atoms with Gasteiger partial charge in [0.05, 0.1) is 13.0 Å². The van der Waals surface area contributed by atoms with Crippen molar-refractivity contribution >= 4 is 40.8 Å². The van der Waals surface area contributed by atoms with Gasteiger partial charge in [-0.05, 0) is 18.7 Å². The number of rotatable bonds is 8. The van der Waals surface area contributed by atoms with E-state index in [4.69, 9.17) is 30.7 Å². The molecule has 0 spiro atoms. The van der Waals surface area contributed by atoms with E-state index in [1.807, 2.05) is 0 Å². The van der Waals surface area contributed by atoms with Gasteiger partial charge in [0.25, 0.3) is 0 Å². The van der Waals surface area contributed by atoms with Crippen molar-refractivity contribution in [2.45, 2.75) is 18.6 Å². The summed E-state index contributed by atoms with van der Waals surface area (Å²) in [4.78, 5) is 22.2. The third kappa shape index (κ3) is 6.38. The van der Waals surface area contributed by atoms with Gasteiger partial charge >= 0.3 is 11.9 Å². The van der Waals surface area contributed by atoms with E-state index in [0.717, 1.165) is 11.4 Å². The summed E-state index contributed by atoms with van der Waals surface area (Å²) in [7, 11) is 2.72. The Hall–Kier alpha value is -0.140. The molecule has 0 radical (unpaired) electrons. The lowest BCUT2D eigenvalue weighted by atomic mass is 10.3. The number of esters is 1. The number of ether oxygens (including phenoxy) is 1. The summed E-state index contributed by atoms with van der Waals surface area (Å²) in [6.45, 7) is 1.82. The summed E-state index contributed by atoms with van der Waals surface area (Å²) in [6.07, 6.45) is -0.380. The Labute approximate surface area is 109 Å². The van der Waals surface area contributed by atoms with Crippen molar-refractivity contribution in [1.29, 1.82) is 0 Å². The highest BCUT2D eigenvalue weighted by molar-refractivity contribution is 8.68. The highest BCUT2D eigenvalue weighted by Gasteiger charge is 2.31. The molecule has 0 aromatic carbocycles. The monoisotopic (exact) mass is 302 g/mol. The molecule has 0 bridgehead atoms. The summed E-state index contributed by atoms with van der Waals surface area (Å²) >= 11 is 5.96. The smallest absolute Gasteiger partial charge is 0.320 e. The second-order valence-electron chi connectivity index (χ2n) is 2.76. The number of carbonyl (C=O) groups is 2. The van der Waals surface area contributed by atoms with Gasteiger partial charge in [0.1, 0.15) is 5.25 Å². The maximum absolute atomic E-state index is 11.5. The Kier molecular flexibility index (Phi) is 7.98. The van der Waals surface area contributed by atoms with Gasteiger partial charge in [0, 0.05) is 14.2 Å². The normalized spacial score (nSPS) is 13.1. The van der Waals surface area contributed by atoms with Gasteiger partial charge in [-0.2, -0.15) is 0 Å². The van der Waals surface area contributed by atoms with Crippen LogP contribution in [0.1, 0.15) is 13.3 Å². The number of aliphatic carboxylic acids is 1. The van der Waals surface area contributed by atoms with Crippen molar-refractivity contribution in [2.75, 3.05) is 20.8 Å². The lowest BCUT2D eigenvalue weighted by molar-refractivity contribution is -0.146. The Morgan fingerprint density at radius 3 is 2.29 bits per heavy atom. The fraction of sp³-hybridized carbons (Fsp3) is 0.750. The Morgan fingerprint density at radius 2 is 1.94 bits per heavy atom. The standard InChI is InChI=1S/C8H15O6PS2/c1-4-14-8(11)6(5-7(9)10)17-15(16,12-2)13-3/h6H,4-5H2,1-3H3,(H,9,10)/t6-/m0/s1. The summed E-state index contributed by atoms with van der Waals surface area (Å²) in [6, 6.07) is 0. The molecule has 1 N–H and O–H groups in total. The topological polar surface area (TPSA) is 82.1 Å². The van der Waals surface area contributed by atoms with Crippen LogP contribution in [0.3, 0.4) is 0 Å². The molecule has 1 atom stereocenters. The van der Waals surface area contributed by atoms with E-state index in [-0.39, 0.29) is 13.0 Å². The molecule has 0 unspecified atom stereocenters. The van der Waals surface area contributed by atoms with E-state index in [1.54, 1.807) is 6.92 Å². The van der Waals surface area contributed by atoms with Crippen LogP contribution in [-0.4, -0.2) is 43.1 Å². The quantitative estimate of drug-likeness (QED) is 0.535. The summed E-state index contributed by atoms with van der Waals surface area (Å²) in [5.74, 6) is -1.73. The molecule has 0 rings (SSSR count). The highest BCUT2D eigenvalue weighted by atomic mass is 32.9. The van der Waals surface area contributed by atoms with E-state index in [1.165, 1.54) is 14.2 Å². The van der Waals surface area contributed by atoms with Crippen molar-refractivity contribution < 1.29 is 28.5 Å². The first kappa shape index (κ1) is 16.9. The van der Waals surface area contributed by atoms with Crippen molar-refractivity contribution in [3.63, 3.8) is 0 Å². The second kappa shape index (κ2) is 8.05. The van der Waals surface area contributed by atoms with E-state index < -0.39 is 22.9 Å². The minimum absolute atomic E-state index is 0.179. The van der Waals surface area contributed by atoms with E-state index in [2.05, 4.69) is 0 Å². The van der Waals surface area contributed by atoms with Crippen LogP contribution in [0.15, 0.2) is 0 Å². The van der Waals surface area contributed by atoms with Crippen LogP contribution in [0.25, 0.3) is 0 Å². The van der Waals surface area contributed by atoms with Gasteiger partial charge in [-0.1, -0.05) is 11.4 Å². The van der Waals surface area contributed by atoms with Crippen molar-refractivity contribution in [3.05, 3.63) is 0 Å². The number of carboxylic acid groups (broad SMARTS) is 1. The molecule has 0 aromatic heterocycles. The lowest BCUT2D eigenvalue weighted by Gasteiger charge is -2.21. The molecule has 100 valence electrons. The van der Waals surface area contributed by atoms with Crippen LogP contribution in [0.5, 0.6) is 0 Å². The van der Waals surface area contributed by atoms with Crippen LogP contribution in [0.2, 0.25) is 0 Å². The van der Waals surface area contributed by atoms with Crippen LogP contribution in [0, 0.1) is 0 Å². The molecule has 17 heavy (non-hydrogen) atoms. The minimum Gasteiger partial charge on any atom is -0.481 e. The molecule has 0 aliphatic rings. The zero-order chi connectivity index (χ0) is 13.5. The molecule has 0 saturated heterocycles. The van der Waals surface area contributed by atoms with Crippen molar-refractivity contribution in [3.8, 4) is 0 Å². The van der Waals surface area contributed by atoms with Crippen molar-refractivity contribution in [2.24, 2.45) is 0 Å². The third-order valence-electron chi connectivity index (χ3n) is 1.61. The van der Waals surface area contributed by atoms with E-state index in [0.29, 0.717) is 0 Å². The molecule has 0 aliphatic carbocycles. The number of carboxylic acids is 1. The van der Waals surface area contributed by atoms with E-state index >= 15 is 0 Å². The van der Waals surface area contributed by atoms with Gasteiger partial charge in [-0.25, -0.2) is 0 Å². The zero-order valence-corrected chi connectivity index (χ0v) is 12.3. The Balaban J connectivity index is 4.75. The first-order valence-corrected chi connectivity index (χ1v) is 8.79. The fourth-order valence-electron chi connectivity index (χ4n) is 0.874. The maximum Gasteiger partial charge on any atom is 0.320 e. The predicted molar refractivity (Wildman–Crippen MR) is 68.6 cm³/mol. The minimum atomic E-state index is -2.69. The largest absolute Gasteiger partial charge is 0.481 e. The molecule has 0 fully saturated rings. The van der Waals surface area contributed by atoms with Crippen LogP contribution < -0.4 is 0 Å².